The van der Waals surface area contributed by atoms with E-state index in [4.69, 9.17) is 21.4 Å². The predicted molar refractivity (Wildman–Crippen MR) is 141 cm³/mol. The summed E-state index contributed by atoms with van der Waals surface area (Å²) in [5, 5.41) is 7.14. The van der Waals surface area contributed by atoms with Gasteiger partial charge in [-0.25, -0.2) is 0 Å². The molecule has 0 aliphatic carbocycles. The zero-order valence-electron chi connectivity index (χ0n) is 19.8. The number of fused-ring (bicyclic) bond motifs is 4. The van der Waals surface area contributed by atoms with Crippen LogP contribution < -0.4 is 19.5 Å². The Kier molecular flexibility index (Phi) is 5.22. The lowest BCUT2D eigenvalue weighted by Gasteiger charge is -2.53. The molecule has 178 valence electrons. The fourth-order valence-electron chi connectivity index (χ4n) is 5.85. The summed E-state index contributed by atoms with van der Waals surface area (Å²) in [5.74, 6) is 0.867. The van der Waals surface area contributed by atoms with E-state index >= 15 is 0 Å². The molecule has 3 aliphatic rings. The summed E-state index contributed by atoms with van der Waals surface area (Å²) in [5.41, 5.74) is 4.30. The molecule has 35 heavy (non-hydrogen) atoms. The maximum Gasteiger partial charge on any atom is 0.261 e. The second kappa shape index (κ2) is 8.31. The van der Waals surface area contributed by atoms with E-state index in [1.54, 1.807) is 12.1 Å². The van der Waals surface area contributed by atoms with Crippen LogP contribution in [0.1, 0.15) is 12.5 Å². The molecule has 2 atom stereocenters. The van der Waals surface area contributed by atoms with Crippen molar-refractivity contribution in [3.05, 3.63) is 83.4 Å². The molecule has 3 aliphatic heterocycles. The van der Waals surface area contributed by atoms with Gasteiger partial charge in [-0.05, 0) is 67.4 Å². The van der Waals surface area contributed by atoms with Crippen molar-refractivity contribution in [2.24, 2.45) is 10.5 Å². The van der Waals surface area contributed by atoms with Gasteiger partial charge in [0.1, 0.15) is 11.2 Å². The van der Waals surface area contributed by atoms with Gasteiger partial charge in [0.05, 0.1) is 24.6 Å². The van der Waals surface area contributed by atoms with Crippen molar-refractivity contribution in [1.29, 1.82) is 0 Å². The van der Waals surface area contributed by atoms with Crippen LogP contribution in [0.4, 0.5) is 17.1 Å². The quantitative estimate of drug-likeness (QED) is 0.522. The maximum absolute atomic E-state index is 14.3. The monoisotopic (exact) mass is 486 g/mol. The molecule has 1 fully saturated rings. The van der Waals surface area contributed by atoms with Crippen LogP contribution in [0.25, 0.3) is 0 Å². The van der Waals surface area contributed by atoms with Gasteiger partial charge in [0.2, 0.25) is 0 Å². The molecule has 0 saturated carbocycles. The van der Waals surface area contributed by atoms with Crippen molar-refractivity contribution in [3.8, 4) is 5.75 Å². The highest BCUT2D eigenvalue weighted by Gasteiger charge is 2.60. The number of benzene rings is 3. The smallest absolute Gasteiger partial charge is 0.261 e. The molecule has 3 heterocycles. The van der Waals surface area contributed by atoms with Crippen LogP contribution >= 0.6 is 11.6 Å². The number of nitrogens with zero attached hydrogens (tertiary/aromatic N) is 4. The van der Waals surface area contributed by atoms with Gasteiger partial charge in [0, 0.05) is 36.0 Å². The number of hydrazone groups is 1. The molecule has 1 amide bonds. The Hall–Kier alpha value is -3.51. The van der Waals surface area contributed by atoms with E-state index < -0.39 is 5.41 Å². The third-order valence-corrected chi connectivity index (χ3v) is 7.92. The van der Waals surface area contributed by atoms with Gasteiger partial charge in [-0.3, -0.25) is 4.79 Å². The normalized spacial score (nSPS) is 23.3. The fourth-order valence-corrected chi connectivity index (χ4v) is 6.02. The summed E-state index contributed by atoms with van der Waals surface area (Å²) in [6, 6.07) is 23.8. The first kappa shape index (κ1) is 22.0. The van der Waals surface area contributed by atoms with Crippen molar-refractivity contribution in [3.63, 3.8) is 0 Å². The Balaban J connectivity index is 1.44. The van der Waals surface area contributed by atoms with Crippen LogP contribution in [0.5, 0.6) is 5.75 Å². The van der Waals surface area contributed by atoms with Crippen LogP contribution in [0, 0.1) is 5.41 Å². The minimum Gasteiger partial charge on any atom is -0.497 e. The van der Waals surface area contributed by atoms with Gasteiger partial charge < -0.3 is 14.5 Å². The summed E-state index contributed by atoms with van der Waals surface area (Å²) >= 11 is 6.42. The number of piperazine rings is 1. The Morgan fingerprint density at radius 3 is 2.51 bits per heavy atom. The molecule has 6 rings (SSSR count). The SMILES string of the molecule is COc1ccc(N2CCN3c4cc(Cl)ccc4C[C@@]4(C(=O)N(c5ccccc5)N=C4C)[C@@H]3C2)cc1. The van der Waals surface area contributed by atoms with Crippen LogP contribution in [-0.2, 0) is 11.2 Å². The van der Waals surface area contributed by atoms with Crippen molar-refractivity contribution >= 4 is 40.3 Å². The number of anilines is 3. The van der Waals surface area contributed by atoms with Crippen molar-refractivity contribution in [2.75, 3.05) is 41.6 Å². The average molecular weight is 487 g/mol. The summed E-state index contributed by atoms with van der Waals surface area (Å²) in [4.78, 5) is 19.0. The number of ether oxygens (including phenoxy) is 1. The molecule has 1 spiro atoms. The highest BCUT2D eigenvalue weighted by atomic mass is 35.5. The number of hydrogen-bond acceptors (Lipinski definition) is 5. The lowest BCUT2D eigenvalue weighted by Crippen LogP contribution is -2.67. The zero-order chi connectivity index (χ0) is 24.2. The van der Waals surface area contributed by atoms with Crippen molar-refractivity contribution in [2.45, 2.75) is 19.4 Å². The summed E-state index contributed by atoms with van der Waals surface area (Å²) in [6.45, 7) is 4.35. The topological polar surface area (TPSA) is 48.4 Å². The number of methoxy groups -OCH3 is 1. The highest BCUT2D eigenvalue weighted by Crippen LogP contribution is 2.49. The molecule has 0 bridgehead atoms. The summed E-state index contributed by atoms with van der Waals surface area (Å²) < 4.78 is 5.35. The molecule has 0 aromatic heterocycles. The lowest BCUT2D eigenvalue weighted by molar-refractivity contribution is -0.125. The summed E-state index contributed by atoms with van der Waals surface area (Å²) in [6.07, 6.45) is 0.606. The first-order valence-corrected chi connectivity index (χ1v) is 12.3. The van der Waals surface area contributed by atoms with Gasteiger partial charge in [-0.2, -0.15) is 10.1 Å². The summed E-state index contributed by atoms with van der Waals surface area (Å²) in [7, 11) is 1.68. The molecule has 7 heteroatoms. The van der Waals surface area contributed by atoms with Crippen LogP contribution in [0.15, 0.2) is 77.9 Å². The standard InChI is InChI=1S/C28H27ClN4O2/c1-19-28(27(34)33(30-19)23-6-4-3-5-7-23)17-20-8-9-21(29)16-25(20)32-15-14-31(18-26(28)32)22-10-12-24(35-2)13-11-22/h3-13,16,26H,14-15,17-18H2,1-2H3/t26-,28-/m0/s1. The van der Waals surface area contributed by atoms with Gasteiger partial charge in [0.15, 0.2) is 0 Å². The largest absolute Gasteiger partial charge is 0.497 e. The molecule has 3 aromatic carbocycles. The van der Waals surface area contributed by atoms with Crippen LogP contribution in [0.3, 0.4) is 0 Å². The van der Waals surface area contributed by atoms with E-state index in [1.165, 1.54) is 0 Å². The minimum atomic E-state index is -0.748. The molecule has 0 radical (unpaired) electrons. The van der Waals surface area contributed by atoms with Gasteiger partial charge in [-0.1, -0.05) is 35.9 Å². The Labute approximate surface area is 210 Å². The third-order valence-electron chi connectivity index (χ3n) is 7.68. The molecule has 0 unspecified atom stereocenters. The first-order valence-electron chi connectivity index (χ1n) is 11.9. The fraction of sp³-hybridized carbons (Fsp3) is 0.286. The van der Waals surface area contributed by atoms with Gasteiger partial charge >= 0.3 is 0 Å². The Bertz CT molecular complexity index is 1310. The second-order valence-corrected chi connectivity index (χ2v) is 9.85. The van der Waals surface area contributed by atoms with E-state index in [0.29, 0.717) is 18.0 Å². The first-order chi connectivity index (χ1) is 17.0. The number of amides is 1. The van der Waals surface area contributed by atoms with Crippen LogP contribution in [0.2, 0.25) is 5.02 Å². The zero-order valence-corrected chi connectivity index (χ0v) is 20.6. The van der Waals surface area contributed by atoms with Gasteiger partial charge in [-0.15, -0.1) is 0 Å². The number of para-hydroxylation sites is 1. The molecular weight excluding hydrogens is 460 g/mol. The maximum atomic E-state index is 14.3. The molecule has 3 aromatic rings. The predicted octanol–water partition coefficient (Wildman–Crippen LogP) is 5.01. The average Bonchev–Trinajstić information content (AvgIpc) is 3.15. The molecule has 0 N–H and O–H groups in total. The second-order valence-electron chi connectivity index (χ2n) is 9.41. The minimum absolute atomic E-state index is 0.0355. The van der Waals surface area contributed by atoms with E-state index in [2.05, 4.69) is 28.0 Å². The number of hydrogen-bond donors (Lipinski definition) is 0. The number of rotatable bonds is 3. The van der Waals surface area contributed by atoms with E-state index in [1.807, 2.05) is 61.5 Å². The highest BCUT2D eigenvalue weighted by molar-refractivity contribution is 6.31. The van der Waals surface area contributed by atoms with E-state index in [0.717, 1.165) is 47.2 Å². The molecule has 1 saturated heterocycles. The van der Waals surface area contributed by atoms with E-state index in [9.17, 15) is 4.79 Å². The molecular formula is C28H27ClN4O2. The molecule has 6 nitrogen and oxygen atoms in total. The van der Waals surface area contributed by atoms with E-state index in [-0.39, 0.29) is 11.9 Å². The Morgan fingerprint density at radius 2 is 1.77 bits per heavy atom. The lowest BCUT2D eigenvalue weighted by atomic mass is 9.67. The number of halogens is 1. The third kappa shape index (κ3) is 3.39. The van der Waals surface area contributed by atoms with Crippen LogP contribution in [-0.4, -0.2) is 44.4 Å². The van der Waals surface area contributed by atoms with Crippen molar-refractivity contribution in [1.82, 2.24) is 0 Å². The van der Waals surface area contributed by atoms with Crippen molar-refractivity contribution < 1.29 is 9.53 Å². The van der Waals surface area contributed by atoms with Gasteiger partial charge in [0.25, 0.3) is 5.91 Å². The number of carbonyl (C=O) groups excluding carboxylic acids is 1. The number of carbonyl (C=O) groups is 1. The Morgan fingerprint density at radius 1 is 1.00 bits per heavy atom.